The third-order valence-electron chi connectivity index (χ3n) is 3.06. The van der Waals surface area contributed by atoms with E-state index in [-0.39, 0.29) is 24.4 Å². The fourth-order valence-electron chi connectivity index (χ4n) is 2.30. The summed E-state index contributed by atoms with van der Waals surface area (Å²) in [7, 11) is 0. The number of anilines is 1. The summed E-state index contributed by atoms with van der Waals surface area (Å²) in [6.45, 7) is 2.85. The molecule has 0 aliphatic carbocycles. The molecule has 0 saturated carbocycles. The number of rotatable bonds is 3. The highest BCUT2D eigenvalue weighted by Crippen LogP contribution is 2.27. The molecule has 2 unspecified atom stereocenters. The summed E-state index contributed by atoms with van der Waals surface area (Å²) in [5.41, 5.74) is 0.767. The van der Waals surface area contributed by atoms with Crippen LogP contribution in [0.25, 0.3) is 0 Å². The fourth-order valence-corrected chi connectivity index (χ4v) is 2.47. The van der Waals surface area contributed by atoms with Gasteiger partial charge in [-0.15, -0.1) is 0 Å². The largest absolute Gasteiger partial charge is 0.478 e. The number of hydrogen-bond donors (Lipinski definition) is 2. The van der Waals surface area contributed by atoms with Crippen LogP contribution in [-0.2, 0) is 4.74 Å². The molecule has 2 rings (SSSR count). The van der Waals surface area contributed by atoms with Gasteiger partial charge in [0.15, 0.2) is 0 Å². The third kappa shape index (κ3) is 3.18. The van der Waals surface area contributed by atoms with Crippen molar-refractivity contribution in [2.45, 2.75) is 19.1 Å². The van der Waals surface area contributed by atoms with Crippen LogP contribution in [0.1, 0.15) is 17.3 Å². The van der Waals surface area contributed by atoms with Crippen LogP contribution in [0.15, 0.2) is 18.2 Å². The van der Waals surface area contributed by atoms with E-state index in [4.69, 9.17) is 16.3 Å². The predicted octanol–water partition coefficient (Wildman–Crippen LogP) is 1.62. The van der Waals surface area contributed by atoms with E-state index in [0.717, 1.165) is 0 Å². The van der Waals surface area contributed by atoms with E-state index < -0.39 is 5.97 Å². The van der Waals surface area contributed by atoms with Crippen LogP contribution >= 0.6 is 11.6 Å². The number of morpholine rings is 1. The molecule has 1 aliphatic rings. The highest BCUT2D eigenvalue weighted by molar-refractivity contribution is 6.31. The van der Waals surface area contributed by atoms with Gasteiger partial charge in [-0.25, -0.2) is 4.79 Å². The van der Waals surface area contributed by atoms with E-state index >= 15 is 0 Å². The molecule has 1 aromatic carbocycles. The average Bonchev–Trinajstić information content (AvgIpc) is 2.37. The second-order valence-corrected chi connectivity index (χ2v) is 5.06. The van der Waals surface area contributed by atoms with Crippen LogP contribution in [0.3, 0.4) is 0 Å². The first kappa shape index (κ1) is 14.1. The molecule has 0 aromatic heterocycles. The first-order valence-electron chi connectivity index (χ1n) is 6.05. The van der Waals surface area contributed by atoms with Crippen LogP contribution in [0, 0.1) is 0 Å². The standard InChI is InChI=1S/C13H16ClNO4/c1-8-5-15(6-10(7-16)19-8)12-3-2-9(14)4-11(12)13(17)18/h2-4,8,10,16H,5-7H2,1H3,(H,17,18). The summed E-state index contributed by atoms with van der Waals surface area (Å²) in [6.07, 6.45) is -0.371. The third-order valence-corrected chi connectivity index (χ3v) is 3.29. The van der Waals surface area contributed by atoms with E-state index in [1.807, 2.05) is 11.8 Å². The Morgan fingerprint density at radius 2 is 2.26 bits per heavy atom. The zero-order valence-electron chi connectivity index (χ0n) is 10.5. The Morgan fingerprint density at radius 3 is 2.89 bits per heavy atom. The molecule has 0 amide bonds. The number of hydrogen-bond acceptors (Lipinski definition) is 4. The number of ether oxygens (including phenoxy) is 1. The first-order valence-corrected chi connectivity index (χ1v) is 6.43. The molecule has 19 heavy (non-hydrogen) atoms. The van der Waals surface area contributed by atoms with Gasteiger partial charge >= 0.3 is 5.97 Å². The molecule has 6 heteroatoms. The minimum absolute atomic E-state index is 0.0665. The van der Waals surface area contributed by atoms with Crippen molar-refractivity contribution in [2.75, 3.05) is 24.6 Å². The summed E-state index contributed by atoms with van der Waals surface area (Å²) in [5.74, 6) is -1.02. The second-order valence-electron chi connectivity index (χ2n) is 4.62. The predicted molar refractivity (Wildman–Crippen MR) is 72.0 cm³/mol. The molecule has 1 heterocycles. The number of aliphatic hydroxyl groups is 1. The van der Waals surface area contributed by atoms with Gasteiger partial charge in [-0.1, -0.05) is 11.6 Å². The summed E-state index contributed by atoms with van der Waals surface area (Å²) in [6, 6.07) is 4.79. The zero-order chi connectivity index (χ0) is 14.0. The molecule has 0 bridgehead atoms. The lowest BCUT2D eigenvalue weighted by molar-refractivity contribution is -0.0421. The monoisotopic (exact) mass is 285 g/mol. The fraction of sp³-hybridized carbons (Fsp3) is 0.462. The minimum Gasteiger partial charge on any atom is -0.478 e. The highest BCUT2D eigenvalue weighted by atomic mass is 35.5. The highest BCUT2D eigenvalue weighted by Gasteiger charge is 2.27. The van der Waals surface area contributed by atoms with Crippen molar-refractivity contribution in [3.63, 3.8) is 0 Å². The Labute approximate surface area is 116 Å². The summed E-state index contributed by atoms with van der Waals surface area (Å²) in [5, 5.41) is 18.8. The number of carboxylic acids is 1. The number of benzene rings is 1. The molecule has 1 aromatic rings. The van der Waals surface area contributed by atoms with Crippen LogP contribution in [0.5, 0.6) is 0 Å². The average molecular weight is 286 g/mol. The molecule has 5 nitrogen and oxygen atoms in total. The quantitative estimate of drug-likeness (QED) is 0.883. The van der Waals surface area contributed by atoms with Crippen molar-refractivity contribution in [1.82, 2.24) is 0 Å². The van der Waals surface area contributed by atoms with E-state index in [2.05, 4.69) is 0 Å². The lowest BCUT2D eigenvalue weighted by Crippen LogP contribution is -2.48. The summed E-state index contributed by atoms with van der Waals surface area (Å²) < 4.78 is 5.55. The first-order chi connectivity index (χ1) is 9.01. The lowest BCUT2D eigenvalue weighted by Gasteiger charge is -2.38. The number of aliphatic hydroxyl groups excluding tert-OH is 1. The van der Waals surface area contributed by atoms with Crippen LogP contribution < -0.4 is 4.90 Å². The Hall–Kier alpha value is -1.30. The van der Waals surface area contributed by atoms with E-state index in [9.17, 15) is 15.0 Å². The Balaban J connectivity index is 2.32. The van der Waals surface area contributed by atoms with Crippen molar-refractivity contribution < 1.29 is 19.7 Å². The lowest BCUT2D eigenvalue weighted by atomic mass is 10.1. The van der Waals surface area contributed by atoms with Gasteiger partial charge in [0.2, 0.25) is 0 Å². The van der Waals surface area contributed by atoms with Gasteiger partial charge in [0.1, 0.15) is 0 Å². The van der Waals surface area contributed by atoms with Crippen LogP contribution in [-0.4, -0.2) is 48.1 Å². The molecule has 104 valence electrons. The minimum atomic E-state index is -1.02. The SMILES string of the molecule is CC1CN(c2ccc(Cl)cc2C(=O)O)CC(CO)O1. The number of aromatic carboxylic acids is 1. The molecule has 2 atom stereocenters. The van der Waals surface area contributed by atoms with Gasteiger partial charge < -0.3 is 19.8 Å². The smallest absolute Gasteiger partial charge is 0.337 e. The Kier molecular flexibility index (Phi) is 4.29. The van der Waals surface area contributed by atoms with Gasteiger partial charge in [0.25, 0.3) is 0 Å². The second kappa shape index (κ2) is 5.77. The molecule has 1 aliphatic heterocycles. The van der Waals surface area contributed by atoms with Gasteiger partial charge in [-0.2, -0.15) is 0 Å². The summed E-state index contributed by atoms with van der Waals surface area (Å²) >= 11 is 5.84. The van der Waals surface area contributed by atoms with Crippen molar-refractivity contribution >= 4 is 23.3 Å². The normalized spacial score (nSPS) is 23.4. The number of halogens is 1. The van der Waals surface area contributed by atoms with Gasteiger partial charge in [-0.05, 0) is 25.1 Å². The number of carboxylic acid groups (broad SMARTS) is 1. The van der Waals surface area contributed by atoms with Crippen LogP contribution in [0.2, 0.25) is 5.02 Å². The molecule has 1 saturated heterocycles. The van der Waals surface area contributed by atoms with Crippen molar-refractivity contribution in [1.29, 1.82) is 0 Å². The molecule has 2 N–H and O–H groups in total. The molecule has 0 radical (unpaired) electrons. The van der Waals surface area contributed by atoms with E-state index in [1.165, 1.54) is 6.07 Å². The topological polar surface area (TPSA) is 70.0 Å². The van der Waals surface area contributed by atoms with Gasteiger partial charge in [-0.3, -0.25) is 0 Å². The van der Waals surface area contributed by atoms with Gasteiger partial charge in [0.05, 0.1) is 30.1 Å². The molecule has 0 spiro atoms. The van der Waals surface area contributed by atoms with E-state index in [1.54, 1.807) is 12.1 Å². The Morgan fingerprint density at radius 1 is 1.53 bits per heavy atom. The Bertz CT molecular complexity index is 480. The van der Waals surface area contributed by atoms with Crippen molar-refractivity contribution in [3.05, 3.63) is 28.8 Å². The maximum atomic E-state index is 11.3. The molecular formula is C13H16ClNO4. The maximum absolute atomic E-state index is 11.3. The number of nitrogens with zero attached hydrogens (tertiary/aromatic N) is 1. The maximum Gasteiger partial charge on any atom is 0.337 e. The molecule has 1 fully saturated rings. The van der Waals surface area contributed by atoms with E-state index in [0.29, 0.717) is 23.8 Å². The zero-order valence-corrected chi connectivity index (χ0v) is 11.3. The van der Waals surface area contributed by atoms with Crippen molar-refractivity contribution in [3.8, 4) is 0 Å². The number of carbonyl (C=O) groups is 1. The van der Waals surface area contributed by atoms with Gasteiger partial charge in [0, 0.05) is 18.1 Å². The van der Waals surface area contributed by atoms with Crippen LogP contribution in [0.4, 0.5) is 5.69 Å². The van der Waals surface area contributed by atoms with Crippen molar-refractivity contribution in [2.24, 2.45) is 0 Å². The summed E-state index contributed by atoms with van der Waals surface area (Å²) in [4.78, 5) is 13.2. The molecular weight excluding hydrogens is 270 g/mol.